The summed E-state index contributed by atoms with van der Waals surface area (Å²) in [5.74, 6) is 0.609. The number of allylic oxidation sites excluding steroid dienone is 2. The van der Waals surface area contributed by atoms with E-state index in [4.69, 9.17) is 0 Å². The molecule has 0 bridgehead atoms. The van der Waals surface area contributed by atoms with Gasteiger partial charge in [0.1, 0.15) is 0 Å². The van der Waals surface area contributed by atoms with Crippen LogP contribution < -0.4 is 5.32 Å². The molecule has 3 rings (SSSR count). The van der Waals surface area contributed by atoms with Gasteiger partial charge in [-0.15, -0.1) is 0 Å². The number of para-hydroxylation sites is 1. The van der Waals surface area contributed by atoms with Gasteiger partial charge in [0.05, 0.1) is 12.5 Å². The van der Waals surface area contributed by atoms with Gasteiger partial charge in [0.2, 0.25) is 5.91 Å². The van der Waals surface area contributed by atoms with E-state index in [1.54, 1.807) is 0 Å². The second-order valence-electron chi connectivity index (χ2n) is 7.17. The van der Waals surface area contributed by atoms with E-state index in [1.165, 1.54) is 11.0 Å². The van der Waals surface area contributed by atoms with Gasteiger partial charge in [-0.3, -0.25) is 4.79 Å². The molecule has 1 aliphatic carbocycles. The third-order valence-electron chi connectivity index (χ3n) is 4.74. The molecule has 0 radical (unpaired) electrons. The zero-order valence-corrected chi connectivity index (χ0v) is 13.7. The van der Waals surface area contributed by atoms with Crippen molar-refractivity contribution in [3.8, 4) is 0 Å². The Morgan fingerprint density at radius 3 is 2.73 bits per heavy atom. The van der Waals surface area contributed by atoms with Crippen molar-refractivity contribution in [1.82, 2.24) is 10.3 Å². The summed E-state index contributed by atoms with van der Waals surface area (Å²) in [6, 6.07) is 10.3. The van der Waals surface area contributed by atoms with E-state index in [2.05, 4.69) is 62.3 Å². The molecule has 2 N–H and O–H groups in total. The van der Waals surface area contributed by atoms with Crippen LogP contribution in [0.15, 0.2) is 42.0 Å². The molecule has 0 aliphatic heterocycles. The highest BCUT2D eigenvalue weighted by Gasteiger charge is 2.60. The zero-order valence-electron chi connectivity index (χ0n) is 13.7. The van der Waals surface area contributed by atoms with E-state index in [9.17, 15) is 4.79 Å². The van der Waals surface area contributed by atoms with E-state index in [-0.39, 0.29) is 17.2 Å². The Hall–Kier alpha value is -2.03. The molecule has 22 heavy (non-hydrogen) atoms. The second kappa shape index (κ2) is 5.31. The average Bonchev–Trinajstić information content (AvgIpc) is 2.83. The van der Waals surface area contributed by atoms with Gasteiger partial charge in [0.25, 0.3) is 0 Å². The lowest BCUT2D eigenvalue weighted by molar-refractivity contribution is -0.123. The fraction of sp³-hybridized carbons (Fsp3) is 0.421. The van der Waals surface area contributed by atoms with Crippen LogP contribution >= 0.6 is 0 Å². The summed E-state index contributed by atoms with van der Waals surface area (Å²) in [5.41, 5.74) is 3.51. The molecule has 1 aromatic carbocycles. The minimum atomic E-state index is 0.0712. The molecule has 1 aromatic heterocycles. The lowest BCUT2D eigenvalue weighted by atomic mass is 10.1. The van der Waals surface area contributed by atoms with E-state index in [0.29, 0.717) is 12.5 Å². The van der Waals surface area contributed by atoms with Crippen molar-refractivity contribution in [2.75, 3.05) is 0 Å². The van der Waals surface area contributed by atoms with Gasteiger partial charge in [0, 0.05) is 11.2 Å². The number of fused-ring (bicyclic) bond motifs is 1. The topological polar surface area (TPSA) is 44.9 Å². The molecule has 1 fully saturated rings. The highest BCUT2D eigenvalue weighted by atomic mass is 16.2. The largest absolute Gasteiger partial charge is 0.357 e. The summed E-state index contributed by atoms with van der Waals surface area (Å²) in [6.07, 6.45) is 2.23. The van der Waals surface area contributed by atoms with Crippen molar-refractivity contribution < 1.29 is 4.79 Å². The number of hydrogen-bond donors (Lipinski definition) is 2. The maximum Gasteiger partial charge on any atom is 0.224 e. The first-order chi connectivity index (χ1) is 10.4. The first kappa shape index (κ1) is 14.9. The van der Waals surface area contributed by atoms with E-state index >= 15 is 0 Å². The first-order valence-corrected chi connectivity index (χ1v) is 7.89. The van der Waals surface area contributed by atoms with Gasteiger partial charge in [-0.1, -0.05) is 43.7 Å². The third kappa shape index (κ3) is 2.68. The number of benzene rings is 1. The normalized spacial score (nSPS) is 22.4. The lowest BCUT2D eigenvalue weighted by Gasteiger charge is -2.04. The Bertz CT molecular complexity index is 702. The fourth-order valence-corrected chi connectivity index (χ4v) is 3.37. The monoisotopic (exact) mass is 296 g/mol. The Labute approximate surface area is 131 Å². The molecule has 2 atom stereocenters. The molecule has 1 aliphatic rings. The van der Waals surface area contributed by atoms with Gasteiger partial charge in [-0.25, -0.2) is 0 Å². The fourth-order valence-electron chi connectivity index (χ4n) is 3.37. The van der Waals surface area contributed by atoms with Crippen LogP contribution in [0.5, 0.6) is 0 Å². The smallest absolute Gasteiger partial charge is 0.224 e. The van der Waals surface area contributed by atoms with Gasteiger partial charge >= 0.3 is 0 Å². The number of carbonyl (C=O) groups excluding carboxylic acids is 1. The molecule has 0 unspecified atom stereocenters. The van der Waals surface area contributed by atoms with Crippen molar-refractivity contribution in [3.63, 3.8) is 0 Å². The van der Waals surface area contributed by atoms with E-state index in [1.807, 2.05) is 12.1 Å². The molecule has 3 heteroatoms. The molecule has 1 amide bonds. The van der Waals surface area contributed by atoms with E-state index < -0.39 is 0 Å². The summed E-state index contributed by atoms with van der Waals surface area (Å²) in [4.78, 5) is 15.8. The maximum absolute atomic E-state index is 12.4. The molecule has 116 valence electrons. The van der Waals surface area contributed by atoms with Crippen LogP contribution in [0.25, 0.3) is 10.9 Å². The average molecular weight is 296 g/mol. The number of aromatic nitrogens is 1. The number of hydrogen-bond acceptors (Lipinski definition) is 1. The van der Waals surface area contributed by atoms with Crippen molar-refractivity contribution in [2.45, 2.75) is 34.2 Å². The number of rotatable bonds is 4. The van der Waals surface area contributed by atoms with Crippen LogP contribution in [-0.4, -0.2) is 10.9 Å². The van der Waals surface area contributed by atoms with Gasteiger partial charge in [0.15, 0.2) is 0 Å². The Morgan fingerprint density at radius 2 is 2.05 bits per heavy atom. The standard InChI is InChI=1S/C19H24N2O/c1-12(2)9-15-17(19(15,3)4)18(22)20-11-14-10-13-7-5-6-8-16(13)21-14/h5-10,15,17,21H,11H2,1-4H3,(H,20,22)/t15-,17+/m1/s1. The zero-order chi connectivity index (χ0) is 15.9. The highest BCUT2D eigenvalue weighted by molar-refractivity contribution is 5.84. The molecule has 2 aromatic rings. The quantitative estimate of drug-likeness (QED) is 0.822. The first-order valence-electron chi connectivity index (χ1n) is 7.89. The Balaban J connectivity index is 1.64. The van der Waals surface area contributed by atoms with Crippen LogP contribution in [0.4, 0.5) is 0 Å². The van der Waals surface area contributed by atoms with Gasteiger partial charge in [-0.05, 0) is 42.7 Å². The molecule has 1 saturated carbocycles. The molecular weight excluding hydrogens is 272 g/mol. The van der Waals surface area contributed by atoms with Crippen molar-refractivity contribution in [2.24, 2.45) is 17.3 Å². The SMILES string of the molecule is CC(C)=C[C@@H]1[C@@H](C(=O)NCc2cc3ccccc3[nH]2)C1(C)C. The van der Waals surface area contributed by atoms with Crippen molar-refractivity contribution >= 4 is 16.8 Å². The summed E-state index contributed by atoms with van der Waals surface area (Å²) >= 11 is 0. The minimum Gasteiger partial charge on any atom is -0.357 e. The summed E-state index contributed by atoms with van der Waals surface area (Å²) in [6.45, 7) is 9.08. The number of nitrogens with one attached hydrogen (secondary N) is 2. The van der Waals surface area contributed by atoms with Crippen LogP contribution in [0.3, 0.4) is 0 Å². The van der Waals surface area contributed by atoms with Crippen molar-refractivity contribution in [3.05, 3.63) is 47.7 Å². The molecule has 1 heterocycles. The lowest BCUT2D eigenvalue weighted by Crippen LogP contribution is -2.26. The predicted molar refractivity (Wildman–Crippen MR) is 90.3 cm³/mol. The minimum absolute atomic E-state index is 0.0712. The second-order valence-corrected chi connectivity index (χ2v) is 7.17. The number of carbonyl (C=O) groups is 1. The molecule has 3 nitrogen and oxygen atoms in total. The maximum atomic E-state index is 12.4. The van der Waals surface area contributed by atoms with E-state index in [0.717, 1.165) is 11.2 Å². The molecular formula is C19H24N2O. The van der Waals surface area contributed by atoms with Gasteiger partial charge < -0.3 is 10.3 Å². The van der Waals surface area contributed by atoms with Crippen LogP contribution in [0.2, 0.25) is 0 Å². The van der Waals surface area contributed by atoms with Crippen LogP contribution in [0, 0.1) is 17.3 Å². The number of aromatic amines is 1. The molecule has 0 spiro atoms. The van der Waals surface area contributed by atoms with Crippen LogP contribution in [0.1, 0.15) is 33.4 Å². The Kier molecular flexibility index (Phi) is 3.59. The van der Waals surface area contributed by atoms with Crippen molar-refractivity contribution in [1.29, 1.82) is 0 Å². The van der Waals surface area contributed by atoms with Crippen LogP contribution in [-0.2, 0) is 11.3 Å². The predicted octanol–water partition coefficient (Wildman–Crippen LogP) is 4.02. The third-order valence-corrected chi connectivity index (χ3v) is 4.74. The Morgan fingerprint density at radius 1 is 1.32 bits per heavy atom. The number of H-pyrrole nitrogens is 1. The summed E-state index contributed by atoms with van der Waals surface area (Å²) in [7, 11) is 0. The summed E-state index contributed by atoms with van der Waals surface area (Å²) < 4.78 is 0. The number of amides is 1. The molecule has 0 saturated heterocycles. The summed E-state index contributed by atoms with van der Waals surface area (Å²) in [5, 5.41) is 4.26. The van der Waals surface area contributed by atoms with Gasteiger partial charge in [-0.2, -0.15) is 0 Å². The highest BCUT2D eigenvalue weighted by Crippen LogP contribution is 2.59.